The van der Waals surface area contributed by atoms with Gasteiger partial charge in [-0.05, 0) is 4.52 Å². The van der Waals surface area contributed by atoms with Crippen LogP contribution in [0.5, 0.6) is 0 Å². The molecule has 0 aromatic heterocycles. The molecular weight excluding hydrogens is 164 g/mol. The second-order valence-electron chi connectivity index (χ2n) is 1.32. The third-order valence-electron chi connectivity index (χ3n) is 0.297. The summed E-state index contributed by atoms with van der Waals surface area (Å²) in [6.45, 7) is 0. The van der Waals surface area contributed by atoms with E-state index in [9.17, 15) is 13.0 Å². The fraction of sp³-hybridized carbons (Fsp3) is 1.00. The largest absolute Gasteiger partial charge is 0.590 e. The van der Waals surface area contributed by atoms with Gasteiger partial charge in [-0.1, -0.05) is 0 Å². The number of hydrogen-bond donors (Lipinski definition) is 0. The first-order valence-electron chi connectivity index (χ1n) is 1.88. The zero-order valence-electron chi connectivity index (χ0n) is 4.94. The molecule has 5 nitrogen and oxygen atoms in total. The van der Waals surface area contributed by atoms with E-state index in [4.69, 9.17) is 0 Å². The van der Waals surface area contributed by atoms with Crippen LogP contribution in [0.25, 0.3) is 0 Å². The molecule has 0 radical (unpaired) electrons. The molecule has 0 spiro atoms. The average molecular weight is 170 g/mol. The Labute approximate surface area is 56.5 Å². The fourth-order valence-electron chi connectivity index (χ4n) is 0.107. The van der Waals surface area contributed by atoms with Crippen molar-refractivity contribution in [2.24, 2.45) is 9.04 Å². The van der Waals surface area contributed by atoms with Gasteiger partial charge in [0, 0.05) is 0 Å². The van der Waals surface area contributed by atoms with Crippen LogP contribution in [0.1, 0.15) is 0 Å². The van der Waals surface area contributed by atoms with Crippen LogP contribution in [-0.2, 0) is 21.4 Å². The number of hydrogen-bond acceptors (Lipinski definition) is 4. The van der Waals surface area contributed by atoms with Crippen LogP contribution < -0.4 is 0 Å². The monoisotopic (exact) mass is 170 g/mol. The van der Waals surface area contributed by atoms with E-state index >= 15 is 0 Å². The number of sulfonamides is 1. The molecule has 0 fully saturated rings. The van der Waals surface area contributed by atoms with Gasteiger partial charge in [-0.15, -0.1) is 0 Å². The minimum Gasteiger partial charge on any atom is -0.590 e. The van der Waals surface area contributed by atoms with E-state index in [0.29, 0.717) is 0 Å². The van der Waals surface area contributed by atoms with Gasteiger partial charge < -0.3 is 4.55 Å². The first-order valence-corrected chi connectivity index (χ1v) is 5.24. The van der Waals surface area contributed by atoms with E-state index in [1.165, 1.54) is 6.26 Å². The molecule has 9 heavy (non-hydrogen) atoms. The minimum atomic E-state index is -3.45. The Kier molecular flexibility index (Phi) is 3.09. The van der Waals surface area contributed by atoms with Gasteiger partial charge in [-0.2, -0.15) is 0 Å². The summed E-state index contributed by atoms with van der Waals surface area (Å²) in [6, 6.07) is 0. The van der Waals surface area contributed by atoms with Crippen molar-refractivity contribution >= 4 is 21.4 Å². The molecule has 0 amide bonds. The second-order valence-corrected chi connectivity index (χ2v) is 3.96. The predicted octanol–water partition coefficient (Wildman–Crippen LogP) is -0.308. The highest BCUT2D eigenvalue weighted by molar-refractivity contribution is 7.91. The van der Waals surface area contributed by atoms with Gasteiger partial charge in [0.25, 0.3) is 10.0 Å². The summed E-state index contributed by atoms with van der Waals surface area (Å²) in [4.78, 5) is 0. The molecule has 0 aliphatic carbocycles. The molecule has 7 heteroatoms. The Balaban J connectivity index is 4.03. The molecule has 0 aromatic carbocycles. The van der Waals surface area contributed by atoms with Gasteiger partial charge in [-0.3, -0.25) is 0 Å². The van der Waals surface area contributed by atoms with E-state index in [-0.39, 0.29) is 0 Å². The normalized spacial score (nSPS) is 16.3. The van der Waals surface area contributed by atoms with Crippen molar-refractivity contribution in [1.29, 1.82) is 0 Å². The van der Waals surface area contributed by atoms with E-state index in [2.05, 4.69) is 9.04 Å². The molecule has 0 N–H and O–H groups in total. The molecule has 0 heterocycles. The summed E-state index contributed by atoms with van der Waals surface area (Å²) >= 11 is -1.53. The number of rotatable bonds is 2. The lowest BCUT2D eigenvalue weighted by Gasteiger charge is -1.88. The highest BCUT2D eigenvalue weighted by Gasteiger charge is 1.98. The second kappa shape index (κ2) is 3.14. The molecule has 1 atom stereocenters. The zero-order valence-corrected chi connectivity index (χ0v) is 6.57. The molecule has 0 saturated heterocycles. The van der Waals surface area contributed by atoms with Crippen molar-refractivity contribution < 1.29 is 13.0 Å². The van der Waals surface area contributed by atoms with Crippen LogP contribution in [0.3, 0.4) is 0 Å². The van der Waals surface area contributed by atoms with Crippen LogP contribution in [0.2, 0.25) is 0 Å². The van der Waals surface area contributed by atoms with Crippen LogP contribution in [0.4, 0.5) is 0 Å². The van der Waals surface area contributed by atoms with Gasteiger partial charge in [0.15, 0.2) is 0 Å². The first kappa shape index (κ1) is 8.86. The van der Waals surface area contributed by atoms with Crippen molar-refractivity contribution in [2.45, 2.75) is 0 Å². The van der Waals surface area contributed by atoms with E-state index in [1.54, 1.807) is 0 Å². The maximum absolute atomic E-state index is 10.1. The molecule has 0 saturated carbocycles. The van der Waals surface area contributed by atoms with Crippen molar-refractivity contribution in [3.05, 3.63) is 0 Å². The van der Waals surface area contributed by atoms with Crippen molar-refractivity contribution in [2.75, 3.05) is 12.5 Å². The van der Waals surface area contributed by atoms with Crippen LogP contribution in [0.15, 0.2) is 9.04 Å². The Morgan fingerprint density at radius 2 is 2.00 bits per heavy atom. The quantitative estimate of drug-likeness (QED) is 0.421. The molecule has 0 rings (SSSR count). The summed E-state index contributed by atoms with van der Waals surface area (Å²) in [7, 11) is -3.45. The van der Waals surface area contributed by atoms with E-state index < -0.39 is 21.4 Å². The standard InChI is InChI=1S/C2H6N2O3S2/c1-8(5)3-4-9(2,6)7/h1-2H3/b4-3-. The Hall–Kier alpha value is -0.140. The highest BCUT2D eigenvalue weighted by atomic mass is 32.2. The van der Waals surface area contributed by atoms with Crippen LogP contribution in [0, 0.1) is 0 Å². The summed E-state index contributed by atoms with van der Waals surface area (Å²) < 4.78 is 36.0. The van der Waals surface area contributed by atoms with Crippen LogP contribution in [-0.4, -0.2) is 25.5 Å². The summed E-state index contributed by atoms with van der Waals surface area (Å²) in [5.41, 5.74) is 0. The smallest absolute Gasteiger partial charge is 0.271 e. The van der Waals surface area contributed by atoms with Crippen molar-refractivity contribution in [3.8, 4) is 0 Å². The van der Waals surface area contributed by atoms with Gasteiger partial charge in [0.05, 0.1) is 10.8 Å². The minimum absolute atomic E-state index is 0.878. The van der Waals surface area contributed by atoms with E-state index in [0.717, 1.165) is 6.26 Å². The third kappa shape index (κ3) is 7.86. The molecule has 54 valence electrons. The first-order chi connectivity index (χ1) is 3.92. The molecule has 0 aromatic rings. The van der Waals surface area contributed by atoms with Gasteiger partial charge in [0.2, 0.25) is 0 Å². The van der Waals surface area contributed by atoms with Crippen molar-refractivity contribution in [1.82, 2.24) is 0 Å². The maximum atomic E-state index is 10.1. The summed E-state index contributed by atoms with van der Waals surface area (Å²) in [5, 5.41) is 0. The predicted molar refractivity (Wildman–Crippen MR) is 33.8 cm³/mol. The third-order valence-corrected chi connectivity index (χ3v) is 1.09. The Morgan fingerprint density at radius 3 is 2.11 bits per heavy atom. The SMILES string of the molecule is C[S+]([O-])/N=N\S(C)(=O)=O. The zero-order chi connectivity index (χ0) is 7.49. The summed E-state index contributed by atoms with van der Waals surface area (Å²) in [5.74, 6) is 0. The summed E-state index contributed by atoms with van der Waals surface area (Å²) in [6.07, 6.45) is 2.11. The average Bonchev–Trinajstić information content (AvgIpc) is 1.59. The topological polar surface area (TPSA) is 81.9 Å². The lowest BCUT2D eigenvalue weighted by atomic mass is 12.0. The van der Waals surface area contributed by atoms with Crippen molar-refractivity contribution in [3.63, 3.8) is 0 Å². The van der Waals surface area contributed by atoms with Gasteiger partial charge in [0.1, 0.15) is 17.6 Å². The number of nitrogens with zero attached hydrogens (tertiary/aromatic N) is 2. The molecular formula is C2H6N2O3S2. The molecule has 0 bridgehead atoms. The Bertz CT molecular complexity index is 194. The fourth-order valence-corrected chi connectivity index (χ4v) is 0.967. The Morgan fingerprint density at radius 1 is 1.56 bits per heavy atom. The highest BCUT2D eigenvalue weighted by Crippen LogP contribution is 1.91. The maximum Gasteiger partial charge on any atom is 0.271 e. The molecule has 0 aliphatic rings. The lowest BCUT2D eigenvalue weighted by molar-refractivity contribution is 0.593. The van der Waals surface area contributed by atoms with E-state index in [1.807, 2.05) is 0 Å². The molecule has 0 aliphatic heterocycles. The lowest BCUT2D eigenvalue weighted by Crippen LogP contribution is -1.92. The van der Waals surface area contributed by atoms with Crippen LogP contribution >= 0.6 is 0 Å². The van der Waals surface area contributed by atoms with Gasteiger partial charge in [-0.25, -0.2) is 8.42 Å². The van der Waals surface area contributed by atoms with Gasteiger partial charge >= 0.3 is 0 Å². The molecule has 1 unspecified atom stereocenters.